The van der Waals surface area contributed by atoms with E-state index in [1.807, 2.05) is 0 Å². The molecule has 0 spiro atoms. The number of carbonyl (C=O) groups excluding carboxylic acids is 1. The number of benzene rings is 3. The molecule has 1 aromatic heterocycles. The zero-order valence-electron chi connectivity index (χ0n) is 18.2. The van der Waals surface area contributed by atoms with Crippen molar-refractivity contribution in [3.8, 4) is 17.2 Å². The van der Waals surface area contributed by atoms with E-state index in [2.05, 4.69) is 10.3 Å². The van der Waals surface area contributed by atoms with Crippen molar-refractivity contribution in [1.29, 1.82) is 0 Å². The van der Waals surface area contributed by atoms with Gasteiger partial charge in [0.25, 0.3) is 5.91 Å². The largest absolute Gasteiger partial charge is 0.508 e. The lowest BCUT2D eigenvalue weighted by atomic mass is 10.1. The summed E-state index contributed by atoms with van der Waals surface area (Å²) in [6, 6.07) is 16.9. The Labute approximate surface area is 193 Å². The number of anilines is 1. The average Bonchev–Trinajstić information content (AvgIpc) is 2.83. The lowest BCUT2D eigenvalue weighted by Gasteiger charge is -2.12. The fourth-order valence-corrected chi connectivity index (χ4v) is 3.25. The number of amides is 1. The maximum Gasteiger partial charge on any atom is 0.335 e. The molecule has 4 aromatic rings. The van der Waals surface area contributed by atoms with Crippen LogP contribution in [0.4, 0.5) is 11.4 Å². The van der Waals surface area contributed by atoms with Gasteiger partial charge in [-0.2, -0.15) is 0 Å². The van der Waals surface area contributed by atoms with Crippen molar-refractivity contribution in [1.82, 2.24) is 0 Å². The Kier molecular flexibility index (Phi) is 6.18. The molecule has 0 unspecified atom stereocenters. The number of nitrogens with zero attached hydrogens (tertiary/aromatic N) is 1. The van der Waals surface area contributed by atoms with Crippen LogP contribution in [0.3, 0.4) is 0 Å². The van der Waals surface area contributed by atoms with Crippen LogP contribution in [0.2, 0.25) is 0 Å². The topological polar surface area (TPSA) is 131 Å². The number of rotatable bonds is 6. The minimum absolute atomic E-state index is 0.00803. The molecule has 0 saturated carbocycles. The van der Waals surface area contributed by atoms with Gasteiger partial charge < -0.3 is 29.4 Å². The van der Waals surface area contributed by atoms with Gasteiger partial charge in [0.05, 0.1) is 31.2 Å². The lowest BCUT2D eigenvalue weighted by Crippen LogP contribution is -2.22. The summed E-state index contributed by atoms with van der Waals surface area (Å²) in [6.07, 6.45) is 0. The SMILES string of the molecule is COc1ccc(OC)c(NC(=O)c2cc3ccc(O)cc3oc2=Nc2ccc(C(=O)O)cc2)c1. The fourth-order valence-electron chi connectivity index (χ4n) is 3.25. The van der Waals surface area contributed by atoms with Crippen molar-refractivity contribution in [3.63, 3.8) is 0 Å². The fraction of sp³-hybridized carbons (Fsp3) is 0.0800. The summed E-state index contributed by atoms with van der Waals surface area (Å²) >= 11 is 0. The van der Waals surface area contributed by atoms with Crippen LogP contribution >= 0.6 is 0 Å². The number of methoxy groups -OCH3 is 2. The molecule has 0 aliphatic heterocycles. The molecule has 0 radical (unpaired) electrons. The van der Waals surface area contributed by atoms with Gasteiger partial charge in [0.1, 0.15) is 28.4 Å². The van der Waals surface area contributed by atoms with Gasteiger partial charge >= 0.3 is 5.97 Å². The second-order valence-electron chi connectivity index (χ2n) is 7.17. The summed E-state index contributed by atoms with van der Waals surface area (Å²) in [5.41, 5.74) is 1.26. The highest BCUT2D eigenvalue weighted by molar-refractivity contribution is 6.06. The number of phenols is 1. The molecule has 0 bridgehead atoms. The Bertz CT molecular complexity index is 1460. The molecule has 9 nitrogen and oxygen atoms in total. The number of carboxylic acid groups (broad SMARTS) is 1. The van der Waals surface area contributed by atoms with Crippen LogP contribution in [0.15, 0.2) is 76.1 Å². The van der Waals surface area contributed by atoms with E-state index in [0.29, 0.717) is 33.8 Å². The van der Waals surface area contributed by atoms with Gasteiger partial charge in [0.2, 0.25) is 5.55 Å². The van der Waals surface area contributed by atoms with Gasteiger partial charge in [-0.1, -0.05) is 0 Å². The van der Waals surface area contributed by atoms with Gasteiger partial charge in [-0.3, -0.25) is 4.79 Å². The molecular weight excluding hydrogens is 440 g/mol. The van der Waals surface area contributed by atoms with Crippen molar-refractivity contribution in [2.24, 2.45) is 4.99 Å². The summed E-state index contributed by atoms with van der Waals surface area (Å²) < 4.78 is 16.4. The summed E-state index contributed by atoms with van der Waals surface area (Å²) in [4.78, 5) is 28.8. The number of phenolic OH excluding ortho intramolecular Hbond substituents is 1. The standard InChI is InChI=1S/C25H20N2O7/c1-32-18-9-10-21(33-2)20(13-18)27-23(29)19-11-15-5-8-17(28)12-22(15)34-24(19)26-16-6-3-14(4-7-16)25(30)31/h3-13,28H,1-2H3,(H,27,29)(H,30,31). The van der Waals surface area contributed by atoms with E-state index in [9.17, 15) is 14.7 Å². The Balaban J connectivity index is 1.83. The second kappa shape index (κ2) is 9.37. The molecule has 1 heterocycles. The molecule has 3 N–H and O–H groups in total. The van der Waals surface area contributed by atoms with Gasteiger partial charge in [0, 0.05) is 17.5 Å². The molecule has 0 saturated heterocycles. The maximum atomic E-state index is 13.3. The molecule has 0 fully saturated rings. The van der Waals surface area contributed by atoms with Crippen LogP contribution in [0, 0.1) is 0 Å². The van der Waals surface area contributed by atoms with Gasteiger partial charge in [-0.15, -0.1) is 0 Å². The average molecular weight is 460 g/mol. The molecule has 9 heteroatoms. The van der Waals surface area contributed by atoms with E-state index in [1.54, 1.807) is 30.3 Å². The highest BCUT2D eigenvalue weighted by atomic mass is 16.5. The summed E-state index contributed by atoms with van der Waals surface area (Å²) in [6.45, 7) is 0. The number of carbonyl (C=O) groups is 2. The van der Waals surface area contributed by atoms with E-state index in [0.717, 1.165) is 0 Å². The van der Waals surface area contributed by atoms with Crippen LogP contribution in [0.25, 0.3) is 11.0 Å². The summed E-state index contributed by atoms with van der Waals surface area (Å²) in [7, 11) is 2.99. The molecule has 0 atom stereocenters. The highest BCUT2D eigenvalue weighted by Gasteiger charge is 2.16. The minimum Gasteiger partial charge on any atom is -0.508 e. The predicted octanol–water partition coefficient (Wildman–Crippen LogP) is 4.34. The quantitative estimate of drug-likeness (QED) is 0.390. The van der Waals surface area contributed by atoms with Crippen LogP contribution in [0.5, 0.6) is 17.2 Å². The molecule has 4 rings (SSSR count). The number of ether oxygens (including phenoxy) is 2. The number of nitrogens with one attached hydrogen (secondary N) is 1. The normalized spacial score (nSPS) is 11.3. The number of carboxylic acids is 1. The van der Waals surface area contributed by atoms with E-state index < -0.39 is 11.9 Å². The summed E-state index contributed by atoms with van der Waals surface area (Å²) in [5, 5.41) is 22.3. The third-order valence-corrected chi connectivity index (χ3v) is 4.98. The zero-order valence-corrected chi connectivity index (χ0v) is 18.2. The van der Waals surface area contributed by atoms with Crippen LogP contribution in [-0.2, 0) is 0 Å². The van der Waals surface area contributed by atoms with Crippen LogP contribution in [0.1, 0.15) is 20.7 Å². The van der Waals surface area contributed by atoms with Crippen LogP contribution < -0.4 is 20.3 Å². The Morgan fingerprint density at radius 1 is 0.941 bits per heavy atom. The molecule has 172 valence electrons. The van der Waals surface area contributed by atoms with Crippen molar-refractivity contribution in [2.75, 3.05) is 19.5 Å². The summed E-state index contributed by atoms with van der Waals surface area (Å²) in [5.74, 6) is -0.639. The first kappa shape index (κ1) is 22.4. The van der Waals surface area contributed by atoms with Gasteiger partial charge in [-0.05, 0) is 54.6 Å². The van der Waals surface area contributed by atoms with Crippen molar-refractivity contribution in [3.05, 3.63) is 83.4 Å². The van der Waals surface area contributed by atoms with Crippen LogP contribution in [-0.4, -0.2) is 36.3 Å². The molecule has 0 aliphatic rings. The number of aromatic hydroxyl groups is 1. The zero-order chi connectivity index (χ0) is 24.2. The first-order valence-electron chi connectivity index (χ1n) is 10.1. The Morgan fingerprint density at radius 2 is 1.71 bits per heavy atom. The second-order valence-corrected chi connectivity index (χ2v) is 7.17. The minimum atomic E-state index is -1.07. The predicted molar refractivity (Wildman–Crippen MR) is 124 cm³/mol. The maximum absolute atomic E-state index is 13.3. The molecule has 34 heavy (non-hydrogen) atoms. The number of hydrogen-bond donors (Lipinski definition) is 3. The van der Waals surface area contributed by atoms with E-state index in [4.69, 9.17) is 19.0 Å². The molecule has 3 aromatic carbocycles. The first-order valence-corrected chi connectivity index (χ1v) is 10.1. The lowest BCUT2D eigenvalue weighted by molar-refractivity contribution is 0.0696. The molecule has 0 aliphatic carbocycles. The monoisotopic (exact) mass is 460 g/mol. The van der Waals surface area contributed by atoms with Crippen molar-refractivity contribution in [2.45, 2.75) is 0 Å². The number of hydrogen-bond acceptors (Lipinski definition) is 7. The first-order chi connectivity index (χ1) is 16.4. The Morgan fingerprint density at radius 3 is 2.38 bits per heavy atom. The molecular formula is C25H20N2O7. The highest BCUT2D eigenvalue weighted by Crippen LogP contribution is 2.29. The third-order valence-electron chi connectivity index (χ3n) is 4.98. The number of aromatic carboxylic acids is 1. The van der Waals surface area contributed by atoms with Gasteiger partial charge in [0.15, 0.2) is 0 Å². The van der Waals surface area contributed by atoms with E-state index in [1.165, 1.54) is 50.6 Å². The smallest absolute Gasteiger partial charge is 0.335 e. The third kappa shape index (κ3) is 4.68. The molecule has 1 amide bonds. The van der Waals surface area contributed by atoms with Crippen molar-refractivity contribution < 1.29 is 33.7 Å². The van der Waals surface area contributed by atoms with E-state index in [-0.39, 0.29) is 22.4 Å². The number of fused-ring (bicyclic) bond motifs is 1. The van der Waals surface area contributed by atoms with Crippen molar-refractivity contribution >= 4 is 34.2 Å². The van der Waals surface area contributed by atoms with E-state index >= 15 is 0 Å². The van der Waals surface area contributed by atoms with Gasteiger partial charge in [-0.25, -0.2) is 9.79 Å². The Hall–Kier alpha value is -4.79.